The molecule has 24 heavy (non-hydrogen) atoms. The number of rotatable bonds is 5. The minimum Gasteiger partial charge on any atom is -0.452 e. The molecule has 0 aliphatic rings. The number of esters is 1. The molecule has 2 rings (SSSR count). The molecule has 0 aromatic heterocycles. The highest BCUT2D eigenvalue weighted by Gasteiger charge is 2.08. The van der Waals surface area contributed by atoms with Crippen molar-refractivity contribution in [2.75, 3.05) is 11.9 Å². The standard InChI is InChI=1S/C18H15ClFNO3/c1-12-6-8-14(19)10-16(12)21-17(22)11-24-18(23)9-7-13-4-2-3-5-15(13)20/h2-10H,11H2,1H3,(H,21,22)/b9-7+. The highest BCUT2D eigenvalue weighted by atomic mass is 35.5. The van der Waals surface area contributed by atoms with Gasteiger partial charge in [0, 0.05) is 22.3 Å². The molecule has 0 heterocycles. The Morgan fingerprint density at radius 3 is 2.75 bits per heavy atom. The van der Waals surface area contributed by atoms with E-state index in [1.807, 2.05) is 6.92 Å². The second kappa shape index (κ2) is 8.26. The maximum atomic E-state index is 13.4. The number of carbonyl (C=O) groups is 2. The minimum absolute atomic E-state index is 0.258. The molecule has 0 unspecified atom stereocenters. The van der Waals surface area contributed by atoms with Crippen LogP contribution in [0, 0.1) is 12.7 Å². The van der Waals surface area contributed by atoms with Crippen molar-refractivity contribution in [3.05, 3.63) is 70.5 Å². The second-order valence-corrected chi connectivity index (χ2v) is 5.41. The third-order valence-corrected chi connectivity index (χ3v) is 3.36. The predicted octanol–water partition coefficient (Wildman–Crippen LogP) is 3.98. The topological polar surface area (TPSA) is 55.4 Å². The molecule has 0 fully saturated rings. The summed E-state index contributed by atoms with van der Waals surface area (Å²) in [5.41, 5.74) is 1.64. The van der Waals surface area contributed by atoms with Crippen molar-refractivity contribution in [2.24, 2.45) is 0 Å². The van der Waals surface area contributed by atoms with Gasteiger partial charge in [-0.1, -0.05) is 35.9 Å². The molecule has 6 heteroatoms. The zero-order valence-electron chi connectivity index (χ0n) is 12.9. The van der Waals surface area contributed by atoms with E-state index in [1.54, 1.807) is 30.3 Å². The Hall–Kier alpha value is -2.66. The summed E-state index contributed by atoms with van der Waals surface area (Å²) in [5.74, 6) is -1.68. The fourth-order valence-corrected chi connectivity index (χ4v) is 2.04. The average Bonchev–Trinajstić information content (AvgIpc) is 2.55. The fraction of sp³-hybridized carbons (Fsp3) is 0.111. The molecule has 124 valence electrons. The van der Waals surface area contributed by atoms with Crippen molar-refractivity contribution in [1.82, 2.24) is 0 Å². The van der Waals surface area contributed by atoms with Gasteiger partial charge in [0.05, 0.1) is 0 Å². The van der Waals surface area contributed by atoms with Crippen molar-refractivity contribution < 1.29 is 18.7 Å². The SMILES string of the molecule is Cc1ccc(Cl)cc1NC(=O)COC(=O)/C=C/c1ccccc1F. The van der Waals surface area contributed by atoms with Crippen LogP contribution in [-0.4, -0.2) is 18.5 Å². The van der Waals surface area contributed by atoms with Crippen LogP contribution < -0.4 is 5.32 Å². The van der Waals surface area contributed by atoms with Crippen LogP contribution in [0.25, 0.3) is 6.08 Å². The number of benzene rings is 2. The highest BCUT2D eigenvalue weighted by molar-refractivity contribution is 6.31. The lowest BCUT2D eigenvalue weighted by atomic mass is 10.2. The molecule has 0 saturated carbocycles. The molecule has 0 aliphatic heterocycles. The maximum Gasteiger partial charge on any atom is 0.331 e. The Kier molecular flexibility index (Phi) is 6.09. The smallest absolute Gasteiger partial charge is 0.331 e. The van der Waals surface area contributed by atoms with Crippen LogP contribution in [-0.2, 0) is 14.3 Å². The second-order valence-electron chi connectivity index (χ2n) is 4.97. The first-order valence-corrected chi connectivity index (χ1v) is 7.49. The summed E-state index contributed by atoms with van der Waals surface area (Å²) in [6, 6.07) is 11.1. The highest BCUT2D eigenvalue weighted by Crippen LogP contribution is 2.20. The van der Waals surface area contributed by atoms with Gasteiger partial charge in [-0.3, -0.25) is 4.79 Å². The van der Waals surface area contributed by atoms with Crippen molar-refractivity contribution in [2.45, 2.75) is 6.92 Å². The van der Waals surface area contributed by atoms with Crippen molar-refractivity contribution in [1.29, 1.82) is 0 Å². The normalized spacial score (nSPS) is 10.6. The summed E-state index contributed by atoms with van der Waals surface area (Å²) >= 11 is 5.86. The molecule has 1 amide bonds. The number of carbonyl (C=O) groups excluding carboxylic acids is 2. The van der Waals surface area contributed by atoms with E-state index in [1.165, 1.54) is 18.2 Å². The first-order chi connectivity index (χ1) is 11.5. The van der Waals surface area contributed by atoms with Gasteiger partial charge in [0.1, 0.15) is 5.82 Å². The van der Waals surface area contributed by atoms with Crippen LogP contribution in [0.5, 0.6) is 0 Å². The summed E-state index contributed by atoms with van der Waals surface area (Å²) in [6.07, 6.45) is 2.35. The van der Waals surface area contributed by atoms with E-state index in [2.05, 4.69) is 5.32 Å². The van der Waals surface area contributed by atoms with Crippen LogP contribution in [0.2, 0.25) is 5.02 Å². The molecule has 1 N–H and O–H groups in total. The molecule has 0 atom stereocenters. The molecular formula is C18H15ClFNO3. The van der Waals surface area contributed by atoms with E-state index < -0.39 is 24.3 Å². The average molecular weight is 348 g/mol. The van der Waals surface area contributed by atoms with E-state index in [9.17, 15) is 14.0 Å². The maximum absolute atomic E-state index is 13.4. The molecule has 0 radical (unpaired) electrons. The molecule has 0 spiro atoms. The monoisotopic (exact) mass is 347 g/mol. The molecular weight excluding hydrogens is 333 g/mol. The van der Waals surface area contributed by atoms with Crippen LogP contribution in [0.1, 0.15) is 11.1 Å². The summed E-state index contributed by atoms with van der Waals surface area (Å²) in [4.78, 5) is 23.4. The minimum atomic E-state index is -0.740. The number of hydrogen-bond acceptors (Lipinski definition) is 3. The van der Waals surface area contributed by atoms with Gasteiger partial charge < -0.3 is 10.1 Å². The van der Waals surface area contributed by atoms with Gasteiger partial charge in [0.2, 0.25) is 0 Å². The zero-order valence-corrected chi connectivity index (χ0v) is 13.6. The van der Waals surface area contributed by atoms with Crippen LogP contribution >= 0.6 is 11.6 Å². The molecule has 2 aromatic carbocycles. The number of nitrogens with one attached hydrogen (secondary N) is 1. The quantitative estimate of drug-likeness (QED) is 0.657. The summed E-state index contributed by atoms with van der Waals surface area (Å²) < 4.78 is 18.2. The van der Waals surface area contributed by atoms with Gasteiger partial charge in [-0.25, -0.2) is 9.18 Å². The van der Waals surface area contributed by atoms with E-state index in [0.29, 0.717) is 10.7 Å². The molecule has 2 aromatic rings. The molecule has 4 nitrogen and oxygen atoms in total. The Morgan fingerprint density at radius 1 is 1.25 bits per heavy atom. The first kappa shape index (κ1) is 17.7. The van der Waals surface area contributed by atoms with Gasteiger partial charge in [-0.15, -0.1) is 0 Å². The van der Waals surface area contributed by atoms with E-state index in [4.69, 9.17) is 16.3 Å². The Labute approximate surface area is 143 Å². The Balaban J connectivity index is 1.86. The Bertz CT molecular complexity index is 790. The van der Waals surface area contributed by atoms with Gasteiger partial charge in [0.25, 0.3) is 5.91 Å². The molecule has 0 aliphatic carbocycles. The number of hydrogen-bond donors (Lipinski definition) is 1. The largest absolute Gasteiger partial charge is 0.452 e. The summed E-state index contributed by atoms with van der Waals surface area (Å²) in [5, 5.41) is 3.09. The van der Waals surface area contributed by atoms with E-state index in [0.717, 1.165) is 11.6 Å². The van der Waals surface area contributed by atoms with Crippen LogP contribution in [0.4, 0.5) is 10.1 Å². The van der Waals surface area contributed by atoms with Crippen molar-refractivity contribution >= 4 is 35.2 Å². The predicted molar refractivity (Wildman–Crippen MR) is 91.2 cm³/mol. The van der Waals surface area contributed by atoms with Gasteiger partial charge in [-0.2, -0.15) is 0 Å². The number of halogens is 2. The molecule has 0 bridgehead atoms. The van der Waals surface area contributed by atoms with Crippen molar-refractivity contribution in [3.8, 4) is 0 Å². The lowest BCUT2D eigenvalue weighted by Gasteiger charge is -2.08. The third kappa shape index (κ3) is 5.21. The van der Waals surface area contributed by atoms with Gasteiger partial charge >= 0.3 is 5.97 Å². The zero-order chi connectivity index (χ0) is 17.5. The van der Waals surface area contributed by atoms with Crippen molar-refractivity contribution in [3.63, 3.8) is 0 Å². The van der Waals surface area contributed by atoms with E-state index in [-0.39, 0.29) is 5.56 Å². The number of anilines is 1. The number of ether oxygens (including phenoxy) is 1. The number of aryl methyl sites for hydroxylation is 1. The van der Waals surface area contributed by atoms with E-state index >= 15 is 0 Å². The summed E-state index contributed by atoms with van der Waals surface area (Å²) in [6.45, 7) is 1.36. The number of amides is 1. The fourth-order valence-electron chi connectivity index (χ4n) is 1.87. The van der Waals surface area contributed by atoms with Crippen LogP contribution in [0.3, 0.4) is 0 Å². The van der Waals surface area contributed by atoms with Gasteiger partial charge in [0.15, 0.2) is 6.61 Å². The lowest BCUT2D eigenvalue weighted by Crippen LogP contribution is -2.20. The lowest BCUT2D eigenvalue weighted by molar-refractivity contribution is -0.142. The van der Waals surface area contributed by atoms with Crippen LogP contribution in [0.15, 0.2) is 48.5 Å². The van der Waals surface area contributed by atoms with Gasteiger partial charge in [-0.05, 0) is 36.8 Å². The third-order valence-electron chi connectivity index (χ3n) is 3.12. The summed E-state index contributed by atoms with van der Waals surface area (Å²) in [7, 11) is 0. The first-order valence-electron chi connectivity index (χ1n) is 7.11. The Morgan fingerprint density at radius 2 is 2.00 bits per heavy atom. The molecule has 0 saturated heterocycles.